The van der Waals surface area contributed by atoms with Crippen LogP contribution in [0.4, 0.5) is 18.9 Å². The lowest BCUT2D eigenvalue weighted by Gasteiger charge is -2.15. The molecule has 0 atom stereocenters. The van der Waals surface area contributed by atoms with Gasteiger partial charge in [-0.2, -0.15) is 13.2 Å². The van der Waals surface area contributed by atoms with Gasteiger partial charge in [-0.15, -0.1) is 0 Å². The molecule has 2 aromatic rings. The Morgan fingerprint density at radius 2 is 1.90 bits per heavy atom. The minimum absolute atomic E-state index is 0.00588. The zero-order chi connectivity index (χ0) is 14.3. The Balaban J connectivity index is 1.85. The highest BCUT2D eigenvalue weighted by molar-refractivity contribution is 6.01. The highest BCUT2D eigenvalue weighted by atomic mass is 19.4. The lowest BCUT2D eigenvalue weighted by atomic mass is 10.2. The van der Waals surface area contributed by atoms with Crippen LogP contribution in [0.1, 0.15) is 17.1 Å². The number of carbonyl (C=O) groups excluding carboxylic acids is 1. The van der Waals surface area contributed by atoms with E-state index in [4.69, 9.17) is 4.42 Å². The van der Waals surface area contributed by atoms with E-state index in [1.807, 2.05) is 12.1 Å². The van der Waals surface area contributed by atoms with Crippen LogP contribution >= 0.6 is 0 Å². The Hall–Kier alpha value is -2.24. The van der Waals surface area contributed by atoms with Gasteiger partial charge in [-0.3, -0.25) is 4.79 Å². The van der Waals surface area contributed by atoms with Crippen LogP contribution in [0.3, 0.4) is 0 Å². The molecule has 0 saturated carbocycles. The molecule has 0 saturated heterocycles. The van der Waals surface area contributed by atoms with Gasteiger partial charge in [0.15, 0.2) is 0 Å². The summed E-state index contributed by atoms with van der Waals surface area (Å²) >= 11 is 0. The number of halogens is 3. The Labute approximate surface area is 112 Å². The zero-order valence-corrected chi connectivity index (χ0v) is 10.3. The number of nitrogens with zero attached hydrogens (tertiary/aromatic N) is 1. The predicted octanol–water partition coefficient (Wildman–Crippen LogP) is 3.39. The Morgan fingerprint density at radius 1 is 1.15 bits per heavy atom. The molecule has 0 fully saturated rings. The highest BCUT2D eigenvalue weighted by Crippen LogP contribution is 2.33. The van der Waals surface area contributed by atoms with E-state index < -0.39 is 11.9 Å². The van der Waals surface area contributed by atoms with Crippen molar-refractivity contribution < 1.29 is 22.4 Å². The maximum atomic E-state index is 12.5. The second kappa shape index (κ2) is 4.40. The average molecular weight is 281 g/mol. The summed E-state index contributed by atoms with van der Waals surface area (Å²) in [5.41, 5.74) is 1.60. The molecule has 1 aliphatic heterocycles. The quantitative estimate of drug-likeness (QED) is 0.845. The van der Waals surface area contributed by atoms with E-state index >= 15 is 0 Å². The van der Waals surface area contributed by atoms with E-state index in [1.165, 1.54) is 11.0 Å². The third-order valence-electron chi connectivity index (χ3n) is 3.18. The largest absolute Gasteiger partial charge is 0.455 e. The smallest absolute Gasteiger partial charge is 0.449 e. The van der Waals surface area contributed by atoms with Gasteiger partial charge < -0.3 is 9.32 Å². The van der Waals surface area contributed by atoms with Crippen LogP contribution in [0.2, 0.25) is 0 Å². The van der Waals surface area contributed by atoms with Crippen molar-refractivity contribution in [1.29, 1.82) is 0 Å². The summed E-state index contributed by atoms with van der Waals surface area (Å²) in [5.74, 6) is -1.08. The van der Waals surface area contributed by atoms with E-state index in [0.29, 0.717) is 0 Å². The van der Waals surface area contributed by atoms with Crippen molar-refractivity contribution in [2.24, 2.45) is 0 Å². The first-order chi connectivity index (χ1) is 9.45. The number of anilines is 1. The Bertz CT molecular complexity index is 660. The Morgan fingerprint density at radius 3 is 2.60 bits per heavy atom. The van der Waals surface area contributed by atoms with Crippen LogP contribution in [0.15, 0.2) is 40.8 Å². The van der Waals surface area contributed by atoms with Gasteiger partial charge in [-0.05, 0) is 23.8 Å². The van der Waals surface area contributed by atoms with Crippen molar-refractivity contribution in [3.63, 3.8) is 0 Å². The van der Waals surface area contributed by atoms with Crippen LogP contribution < -0.4 is 4.90 Å². The molecule has 3 nitrogen and oxygen atoms in total. The second-order valence-corrected chi connectivity index (χ2v) is 4.55. The van der Waals surface area contributed by atoms with Crippen LogP contribution in [0, 0.1) is 0 Å². The first-order valence-corrected chi connectivity index (χ1v) is 5.99. The molecule has 104 valence electrons. The molecule has 1 aromatic carbocycles. The third kappa shape index (κ3) is 2.17. The molecule has 6 heteroatoms. The fourth-order valence-electron chi connectivity index (χ4n) is 2.26. The number of furan rings is 1. The maximum absolute atomic E-state index is 12.5. The number of rotatable bonds is 2. The molecular formula is C14H10F3NO2. The fourth-order valence-corrected chi connectivity index (χ4v) is 2.26. The molecule has 0 aliphatic carbocycles. The Kier molecular flexibility index (Phi) is 2.81. The number of fused-ring (bicyclic) bond motifs is 1. The van der Waals surface area contributed by atoms with Crippen molar-refractivity contribution in [2.45, 2.75) is 19.1 Å². The maximum Gasteiger partial charge on any atom is 0.449 e. The minimum Gasteiger partial charge on any atom is -0.455 e. The van der Waals surface area contributed by atoms with Gasteiger partial charge in [0.05, 0.1) is 13.0 Å². The van der Waals surface area contributed by atoms with Crippen LogP contribution in [-0.2, 0) is 23.9 Å². The van der Waals surface area contributed by atoms with Crippen molar-refractivity contribution in [1.82, 2.24) is 0 Å². The van der Waals surface area contributed by atoms with Gasteiger partial charge >= 0.3 is 6.18 Å². The molecule has 20 heavy (non-hydrogen) atoms. The van der Waals surface area contributed by atoms with Crippen molar-refractivity contribution in [3.8, 4) is 0 Å². The molecule has 1 aliphatic rings. The first-order valence-electron chi connectivity index (χ1n) is 5.99. The highest BCUT2D eigenvalue weighted by Gasteiger charge is 2.35. The zero-order valence-electron chi connectivity index (χ0n) is 10.3. The molecule has 1 amide bonds. The second-order valence-electron chi connectivity index (χ2n) is 4.55. The lowest BCUT2D eigenvalue weighted by molar-refractivity contribution is -0.153. The van der Waals surface area contributed by atoms with Gasteiger partial charge in [-0.1, -0.05) is 18.2 Å². The summed E-state index contributed by atoms with van der Waals surface area (Å²) in [7, 11) is 0. The molecule has 3 rings (SSSR count). The molecule has 1 aromatic heterocycles. The lowest BCUT2D eigenvalue weighted by Crippen LogP contribution is -2.25. The summed E-state index contributed by atoms with van der Waals surface area (Å²) in [6.45, 7) is 0.00588. The van der Waals surface area contributed by atoms with Crippen molar-refractivity contribution in [3.05, 3.63) is 53.5 Å². The minimum atomic E-state index is -4.51. The monoisotopic (exact) mass is 281 g/mol. The molecule has 0 radical (unpaired) electrons. The standard InChI is InChI=1S/C14H10F3NO2/c15-14(16,17)12-6-5-10(20-12)8-18-11-4-2-1-3-9(11)7-13(18)19/h1-6H,7-8H2. The summed E-state index contributed by atoms with van der Waals surface area (Å²) in [6, 6.07) is 9.33. The number of hydrogen-bond donors (Lipinski definition) is 0. The van der Waals surface area contributed by atoms with Gasteiger partial charge in [0.25, 0.3) is 0 Å². The van der Waals surface area contributed by atoms with E-state index in [9.17, 15) is 18.0 Å². The summed E-state index contributed by atoms with van der Waals surface area (Å²) < 4.78 is 42.1. The number of amides is 1. The van der Waals surface area contributed by atoms with Gasteiger partial charge in [0, 0.05) is 5.69 Å². The summed E-state index contributed by atoms with van der Waals surface area (Å²) in [4.78, 5) is 13.3. The SMILES string of the molecule is O=C1Cc2ccccc2N1Cc1ccc(C(F)(F)F)o1. The molecule has 0 bridgehead atoms. The fraction of sp³-hybridized carbons (Fsp3) is 0.214. The summed E-state index contributed by atoms with van der Waals surface area (Å²) in [5, 5.41) is 0. The number of benzene rings is 1. The molecule has 0 unspecified atom stereocenters. The topological polar surface area (TPSA) is 33.5 Å². The van der Waals surface area contributed by atoms with E-state index in [0.717, 1.165) is 17.3 Å². The third-order valence-corrected chi connectivity index (χ3v) is 3.18. The van der Waals surface area contributed by atoms with Gasteiger partial charge in [0.2, 0.25) is 11.7 Å². The molecule has 0 N–H and O–H groups in total. The molecular weight excluding hydrogens is 271 g/mol. The molecule has 0 spiro atoms. The normalized spacial score (nSPS) is 14.8. The van der Waals surface area contributed by atoms with Crippen molar-refractivity contribution in [2.75, 3.05) is 4.90 Å². The molecule has 2 heterocycles. The van der Waals surface area contributed by atoms with Crippen LogP contribution in [0.5, 0.6) is 0 Å². The van der Waals surface area contributed by atoms with E-state index in [1.54, 1.807) is 12.1 Å². The number of para-hydroxylation sites is 1. The van der Waals surface area contributed by atoms with Crippen LogP contribution in [-0.4, -0.2) is 5.91 Å². The average Bonchev–Trinajstić information content (AvgIpc) is 2.95. The van der Waals surface area contributed by atoms with E-state index in [-0.39, 0.29) is 24.6 Å². The van der Waals surface area contributed by atoms with Crippen molar-refractivity contribution >= 4 is 11.6 Å². The number of hydrogen-bond acceptors (Lipinski definition) is 2. The van der Waals surface area contributed by atoms with E-state index in [2.05, 4.69) is 0 Å². The number of alkyl halides is 3. The van der Waals surface area contributed by atoms with Gasteiger partial charge in [0.1, 0.15) is 5.76 Å². The first kappa shape index (κ1) is 12.8. The van der Waals surface area contributed by atoms with Gasteiger partial charge in [-0.25, -0.2) is 0 Å². The number of carbonyl (C=O) groups is 1. The van der Waals surface area contributed by atoms with Crippen LogP contribution in [0.25, 0.3) is 0 Å². The predicted molar refractivity (Wildman–Crippen MR) is 65.0 cm³/mol. The summed E-state index contributed by atoms with van der Waals surface area (Å²) in [6.07, 6.45) is -4.24.